The van der Waals surface area contributed by atoms with Gasteiger partial charge in [0.05, 0.1) is 6.10 Å². The third-order valence-electron chi connectivity index (χ3n) is 8.26. The highest BCUT2D eigenvalue weighted by molar-refractivity contribution is 6.01. The Morgan fingerprint density at radius 3 is 2.58 bits per heavy atom. The molecule has 0 aromatic rings. The van der Waals surface area contributed by atoms with Crippen LogP contribution in [0.3, 0.4) is 0 Å². The zero-order valence-corrected chi connectivity index (χ0v) is 15.7. The molecular weight excluding hydrogens is 332 g/mol. The molecule has 0 unspecified atom stereocenters. The van der Waals surface area contributed by atoms with Crippen LogP contribution in [0.25, 0.3) is 0 Å². The topological polar surface area (TPSA) is 91.7 Å². The number of rotatable bonds is 1. The second kappa shape index (κ2) is 5.35. The highest BCUT2D eigenvalue weighted by Crippen LogP contribution is 2.65. The Balaban J connectivity index is 1.84. The van der Waals surface area contributed by atoms with Gasteiger partial charge in [-0.2, -0.15) is 0 Å². The van der Waals surface area contributed by atoms with Gasteiger partial charge in [-0.3, -0.25) is 14.4 Å². The molecule has 5 heteroatoms. The number of hydrogen-bond donors (Lipinski definition) is 2. The molecule has 0 aliphatic heterocycles. The summed E-state index contributed by atoms with van der Waals surface area (Å²) in [5, 5.41) is 21.7. The number of ketones is 3. The molecule has 3 saturated carbocycles. The molecule has 0 saturated heterocycles. The van der Waals surface area contributed by atoms with Gasteiger partial charge in [0.25, 0.3) is 0 Å². The van der Waals surface area contributed by atoms with E-state index >= 15 is 0 Å². The van der Waals surface area contributed by atoms with Crippen molar-refractivity contribution in [3.05, 3.63) is 11.6 Å². The molecule has 0 spiro atoms. The second-order valence-electron chi connectivity index (χ2n) is 9.48. The first-order chi connectivity index (χ1) is 12.1. The number of aliphatic hydroxyl groups is 2. The SMILES string of the molecule is CC(=O)[C@@H]1CC(=O)[C@]2(O)[C@@H]3CC=C4C[C@@H](O)CC[C@]4(C)[C@H]3C(=O)C[C@]12C. The van der Waals surface area contributed by atoms with Crippen molar-refractivity contribution < 1.29 is 24.6 Å². The van der Waals surface area contributed by atoms with Crippen molar-refractivity contribution in [3.63, 3.8) is 0 Å². The van der Waals surface area contributed by atoms with Gasteiger partial charge < -0.3 is 10.2 Å². The first kappa shape index (κ1) is 18.1. The fourth-order valence-corrected chi connectivity index (χ4v) is 6.83. The van der Waals surface area contributed by atoms with Gasteiger partial charge in [0, 0.05) is 36.0 Å². The highest BCUT2D eigenvalue weighted by Gasteiger charge is 2.73. The van der Waals surface area contributed by atoms with E-state index in [0.29, 0.717) is 25.7 Å². The van der Waals surface area contributed by atoms with Crippen molar-refractivity contribution in [2.45, 2.75) is 71.0 Å². The fraction of sp³-hybridized carbons (Fsp3) is 0.762. The smallest absolute Gasteiger partial charge is 0.166 e. The Morgan fingerprint density at radius 2 is 1.92 bits per heavy atom. The fourth-order valence-electron chi connectivity index (χ4n) is 6.83. The van der Waals surface area contributed by atoms with Crippen LogP contribution in [0.15, 0.2) is 11.6 Å². The van der Waals surface area contributed by atoms with Crippen molar-refractivity contribution in [1.29, 1.82) is 0 Å². The maximum absolute atomic E-state index is 13.3. The summed E-state index contributed by atoms with van der Waals surface area (Å²) in [6.45, 7) is 5.26. The third kappa shape index (κ3) is 1.96. The molecule has 0 heterocycles. The summed E-state index contributed by atoms with van der Waals surface area (Å²) in [4.78, 5) is 38.4. The first-order valence-electron chi connectivity index (χ1n) is 9.72. The summed E-state index contributed by atoms with van der Waals surface area (Å²) in [7, 11) is 0. The Labute approximate surface area is 153 Å². The lowest BCUT2D eigenvalue weighted by atomic mass is 9.45. The molecular formula is C21H28O5. The standard InChI is InChI=1S/C21H28O5/c1-11(22)15-9-17(25)21(26)14-5-4-12-8-13(23)6-7-19(12,2)18(14)16(24)10-20(15,21)3/h4,13-15,18,23,26H,5-10H2,1-3H3/t13-,14+,15-,18+,19-,20+,21+/m0/s1. The minimum Gasteiger partial charge on any atom is -0.393 e. The molecule has 3 fully saturated rings. The summed E-state index contributed by atoms with van der Waals surface area (Å²) in [5.41, 5.74) is -1.95. The van der Waals surface area contributed by atoms with Crippen molar-refractivity contribution in [1.82, 2.24) is 0 Å². The van der Waals surface area contributed by atoms with Crippen LogP contribution < -0.4 is 0 Å². The molecule has 0 bridgehead atoms. The Morgan fingerprint density at radius 1 is 1.23 bits per heavy atom. The Bertz CT molecular complexity index is 739. The van der Waals surface area contributed by atoms with E-state index in [2.05, 4.69) is 0 Å². The third-order valence-corrected chi connectivity index (χ3v) is 8.26. The van der Waals surface area contributed by atoms with E-state index in [1.807, 2.05) is 13.0 Å². The van der Waals surface area contributed by atoms with Crippen LogP contribution in [0.4, 0.5) is 0 Å². The Kier molecular flexibility index (Phi) is 3.72. The van der Waals surface area contributed by atoms with Crippen LogP contribution in [0.1, 0.15) is 59.3 Å². The van der Waals surface area contributed by atoms with Gasteiger partial charge in [0.1, 0.15) is 17.2 Å². The zero-order valence-electron chi connectivity index (χ0n) is 15.7. The number of Topliss-reactive ketones (excluding diaryl/α,β-unsaturated/α-hetero) is 3. The van der Waals surface area contributed by atoms with Crippen molar-refractivity contribution in [2.24, 2.45) is 28.6 Å². The predicted octanol–water partition coefficient (Wildman–Crippen LogP) is 1.99. The molecule has 4 aliphatic rings. The summed E-state index contributed by atoms with van der Waals surface area (Å²) >= 11 is 0. The number of hydrogen-bond acceptors (Lipinski definition) is 5. The highest BCUT2D eigenvalue weighted by atomic mass is 16.3. The molecule has 5 nitrogen and oxygen atoms in total. The van der Waals surface area contributed by atoms with Gasteiger partial charge in [-0.05, 0) is 38.0 Å². The van der Waals surface area contributed by atoms with Crippen molar-refractivity contribution in [3.8, 4) is 0 Å². The quantitative estimate of drug-likeness (QED) is 0.698. The molecule has 142 valence electrons. The van der Waals surface area contributed by atoms with Crippen molar-refractivity contribution >= 4 is 17.3 Å². The van der Waals surface area contributed by atoms with Crippen LogP contribution in [-0.4, -0.2) is 39.3 Å². The number of fused-ring (bicyclic) bond motifs is 5. The molecule has 0 aromatic heterocycles. The zero-order chi connectivity index (χ0) is 19.1. The molecule has 4 rings (SSSR count). The normalized spacial score (nSPS) is 50.6. The molecule has 0 aromatic carbocycles. The van der Waals surface area contributed by atoms with Gasteiger partial charge in [0.2, 0.25) is 0 Å². The average Bonchev–Trinajstić information content (AvgIpc) is 2.76. The van der Waals surface area contributed by atoms with E-state index < -0.39 is 34.2 Å². The average molecular weight is 360 g/mol. The number of carbonyl (C=O) groups excluding carboxylic acids is 3. The van der Waals surface area contributed by atoms with E-state index in [4.69, 9.17) is 0 Å². The lowest BCUT2D eigenvalue weighted by Crippen LogP contribution is -2.66. The van der Waals surface area contributed by atoms with Crippen LogP contribution in [0, 0.1) is 28.6 Å². The van der Waals surface area contributed by atoms with Gasteiger partial charge in [-0.15, -0.1) is 0 Å². The molecule has 4 aliphatic carbocycles. The Hall–Kier alpha value is -1.33. The van der Waals surface area contributed by atoms with Gasteiger partial charge in [-0.1, -0.05) is 25.5 Å². The van der Waals surface area contributed by atoms with Crippen molar-refractivity contribution in [2.75, 3.05) is 0 Å². The molecule has 0 amide bonds. The van der Waals surface area contributed by atoms with E-state index in [1.54, 1.807) is 6.92 Å². The minimum absolute atomic E-state index is 0.0326. The number of allylic oxidation sites excluding steroid dienone is 1. The number of carbonyl (C=O) groups is 3. The summed E-state index contributed by atoms with van der Waals surface area (Å²) in [6, 6.07) is 0. The summed E-state index contributed by atoms with van der Waals surface area (Å²) in [6.07, 6.45) is 4.09. The maximum Gasteiger partial charge on any atom is 0.166 e. The van der Waals surface area contributed by atoms with E-state index in [0.717, 1.165) is 5.57 Å². The molecule has 0 radical (unpaired) electrons. The lowest BCUT2D eigenvalue weighted by molar-refractivity contribution is -0.188. The van der Waals surface area contributed by atoms with Crippen LogP contribution in [-0.2, 0) is 14.4 Å². The molecule has 7 atom stereocenters. The van der Waals surface area contributed by atoms with Gasteiger partial charge >= 0.3 is 0 Å². The van der Waals surface area contributed by atoms with E-state index in [9.17, 15) is 24.6 Å². The second-order valence-corrected chi connectivity index (χ2v) is 9.48. The summed E-state index contributed by atoms with van der Waals surface area (Å²) < 4.78 is 0. The minimum atomic E-state index is -1.62. The molecule has 2 N–H and O–H groups in total. The van der Waals surface area contributed by atoms with E-state index in [-0.39, 0.29) is 36.3 Å². The predicted molar refractivity (Wildman–Crippen MR) is 94.1 cm³/mol. The monoisotopic (exact) mass is 360 g/mol. The van der Waals surface area contributed by atoms with Gasteiger partial charge in [0.15, 0.2) is 5.78 Å². The first-order valence-corrected chi connectivity index (χ1v) is 9.72. The van der Waals surface area contributed by atoms with E-state index in [1.165, 1.54) is 6.92 Å². The van der Waals surface area contributed by atoms with Crippen LogP contribution in [0.5, 0.6) is 0 Å². The largest absolute Gasteiger partial charge is 0.393 e. The van der Waals surface area contributed by atoms with Crippen LogP contribution in [0.2, 0.25) is 0 Å². The maximum atomic E-state index is 13.3. The lowest BCUT2D eigenvalue weighted by Gasteiger charge is -2.59. The van der Waals surface area contributed by atoms with Crippen LogP contribution >= 0.6 is 0 Å². The number of aliphatic hydroxyl groups excluding tert-OH is 1. The van der Waals surface area contributed by atoms with Gasteiger partial charge in [-0.25, -0.2) is 0 Å². The molecule has 26 heavy (non-hydrogen) atoms. The summed E-state index contributed by atoms with van der Waals surface area (Å²) in [5.74, 6) is -1.82.